The fourth-order valence-electron chi connectivity index (χ4n) is 0.265. The summed E-state index contributed by atoms with van der Waals surface area (Å²) in [7, 11) is 1.92. The second-order valence-electron chi connectivity index (χ2n) is 1.68. The van der Waals surface area contributed by atoms with E-state index in [1.807, 2.05) is 18.3 Å². The molecule has 0 aliphatic carbocycles. The van der Waals surface area contributed by atoms with Gasteiger partial charge in [0, 0.05) is 6.54 Å². The first-order valence-corrected chi connectivity index (χ1v) is 3.73. The average molecular weight is 185 g/mol. The standard InChI is InChI=1S/C5H12N2OS.ClH/c1-3-7(2)9-4-5(6)8;/h3-4H2,1-2H3,(H2,6,8);1H. The van der Waals surface area contributed by atoms with Crippen molar-refractivity contribution in [3.63, 3.8) is 0 Å². The highest BCUT2D eigenvalue weighted by Gasteiger charge is 1.97. The molecule has 0 saturated heterocycles. The van der Waals surface area contributed by atoms with Crippen molar-refractivity contribution in [2.45, 2.75) is 6.92 Å². The monoisotopic (exact) mass is 184 g/mol. The molecule has 2 N–H and O–H groups in total. The maximum Gasteiger partial charge on any atom is 0.228 e. The topological polar surface area (TPSA) is 46.3 Å². The minimum absolute atomic E-state index is 0. The van der Waals surface area contributed by atoms with Crippen molar-refractivity contribution in [1.82, 2.24) is 4.31 Å². The molecule has 0 aliphatic rings. The number of amides is 1. The molecule has 62 valence electrons. The van der Waals surface area contributed by atoms with E-state index in [-0.39, 0.29) is 18.3 Å². The van der Waals surface area contributed by atoms with E-state index in [1.54, 1.807) is 0 Å². The Hall–Kier alpha value is 0.0700. The van der Waals surface area contributed by atoms with Crippen LogP contribution in [0.15, 0.2) is 0 Å². The van der Waals surface area contributed by atoms with E-state index < -0.39 is 0 Å². The van der Waals surface area contributed by atoms with E-state index in [2.05, 4.69) is 0 Å². The first kappa shape index (κ1) is 12.7. The Morgan fingerprint density at radius 1 is 1.70 bits per heavy atom. The molecule has 0 spiro atoms. The molecule has 3 nitrogen and oxygen atoms in total. The first-order chi connectivity index (χ1) is 4.16. The number of hydrogen-bond donors (Lipinski definition) is 1. The molecule has 0 rings (SSSR count). The van der Waals surface area contributed by atoms with Gasteiger partial charge in [0.15, 0.2) is 0 Å². The SMILES string of the molecule is CCN(C)SCC(N)=O.Cl. The number of rotatable bonds is 4. The van der Waals surface area contributed by atoms with Crippen LogP contribution in [0.1, 0.15) is 6.92 Å². The van der Waals surface area contributed by atoms with Crippen LogP contribution in [0.2, 0.25) is 0 Å². The summed E-state index contributed by atoms with van der Waals surface area (Å²) in [5, 5.41) is 0. The molecule has 0 atom stereocenters. The molecule has 0 radical (unpaired) electrons. The molecule has 0 aromatic carbocycles. The van der Waals surface area contributed by atoms with Crippen molar-refractivity contribution < 1.29 is 4.79 Å². The van der Waals surface area contributed by atoms with Crippen LogP contribution in [0, 0.1) is 0 Å². The minimum atomic E-state index is -0.264. The highest BCUT2D eigenvalue weighted by Crippen LogP contribution is 2.03. The van der Waals surface area contributed by atoms with Gasteiger partial charge < -0.3 is 5.73 Å². The smallest absolute Gasteiger partial charge is 0.228 e. The Kier molecular flexibility index (Phi) is 9.13. The van der Waals surface area contributed by atoms with E-state index in [0.29, 0.717) is 5.75 Å². The number of carbonyl (C=O) groups is 1. The number of carbonyl (C=O) groups excluding carboxylic acids is 1. The van der Waals surface area contributed by atoms with E-state index in [9.17, 15) is 4.79 Å². The third kappa shape index (κ3) is 8.07. The second-order valence-corrected chi connectivity index (χ2v) is 2.85. The van der Waals surface area contributed by atoms with Gasteiger partial charge in [-0.15, -0.1) is 12.4 Å². The van der Waals surface area contributed by atoms with Gasteiger partial charge in [-0.2, -0.15) is 0 Å². The average Bonchev–Trinajstić information content (AvgIpc) is 1.83. The van der Waals surface area contributed by atoms with E-state index in [0.717, 1.165) is 6.54 Å². The number of hydrogen-bond acceptors (Lipinski definition) is 3. The van der Waals surface area contributed by atoms with Crippen LogP contribution in [0.25, 0.3) is 0 Å². The van der Waals surface area contributed by atoms with Crippen LogP contribution in [-0.2, 0) is 4.79 Å². The summed E-state index contributed by atoms with van der Waals surface area (Å²) < 4.78 is 1.96. The van der Waals surface area contributed by atoms with Crippen LogP contribution < -0.4 is 5.73 Å². The molecule has 5 heteroatoms. The summed E-state index contributed by atoms with van der Waals surface area (Å²) >= 11 is 1.44. The summed E-state index contributed by atoms with van der Waals surface area (Å²) in [6.07, 6.45) is 0. The first-order valence-electron chi connectivity index (χ1n) is 2.79. The largest absolute Gasteiger partial charge is 0.369 e. The minimum Gasteiger partial charge on any atom is -0.369 e. The van der Waals surface area contributed by atoms with Crippen LogP contribution in [0.3, 0.4) is 0 Å². The van der Waals surface area contributed by atoms with E-state index in [4.69, 9.17) is 5.73 Å². The lowest BCUT2D eigenvalue weighted by atomic mass is 10.8. The fourth-order valence-corrected chi connectivity index (χ4v) is 0.795. The van der Waals surface area contributed by atoms with Crippen LogP contribution in [0.4, 0.5) is 0 Å². The Morgan fingerprint density at radius 3 is 2.50 bits per heavy atom. The number of nitrogens with zero attached hydrogens (tertiary/aromatic N) is 1. The van der Waals surface area contributed by atoms with Crippen molar-refractivity contribution in [3.8, 4) is 0 Å². The molecule has 0 bridgehead atoms. The molecule has 0 aromatic heterocycles. The van der Waals surface area contributed by atoms with Crippen molar-refractivity contribution >= 4 is 30.3 Å². The third-order valence-corrected chi connectivity index (χ3v) is 1.99. The van der Waals surface area contributed by atoms with Gasteiger partial charge in [0.05, 0.1) is 5.75 Å². The Morgan fingerprint density at radius 2 is 2.20 bits per heavy atom. The summed E-state index contributed by atoms with van der Waals surface area (Å²) in [5.74, 6) is 0.116. The van der Waals surface area contributed by atoms with E-state index >= 15 is 0 Å². The van der Waals surface area contributed by atoms with Gasteiger partial charge in [0.1, 0.15) is 0 Å². The predicted molar refractivity (Wildman–Crippen MR) is 47.2 cm³/mol. The summed E-state index contributed by atoms with van der Waals surface area (Å²) in [4.78, 5) is 10.2. The molecule has 0 aromatic rings. The lowest BCUT2D eigenvalue weighted by Crippen LogP contribution is -2.18. The van der Waals surface area contributed by atoms with Crippen molar-refractivity contribution in [2.24, 2.45) is 5.73 Å². The van der Waals surface area contributed by atoms with Gasteiger partial charge in [-0.3, -0.25) is 9.10 Å². The number of primary amides is 1. The zero-order valence-corrected chi connectivity index (χ0v) is 7.80. The Bertz CT molecular complexity index is 102. The molecular weight excluding hydrogens is 172 g/mol. The maximum absolute atomic E-state index is 10.2. The van der Waals surface area contributed by atoms with Gasteiger partial charge in [0.25, 0.3) is 0 Å². The van der Waals surface area contributed by atoms with Crippen molar-refractivity contribution in [3.05, 3.63) is 0 Å². The van der Waals surface area contributed by atoms with Crippen LogP contribution >= 0.6 is 24.4 Å². The van der Waals surface area contributed by atoms with Gasteiger partial charge in [-0.05, 0) is 7.05 Å². The molecule has 10 heavy (non-hydrogen) atoms. The zero-order chi connectivity index (χ0) is 7.28. The van der Waals surface area contributed by atoms with E-state index in [1.165, 1.54) is 11.9 Å². The lowest BCUT2D eigenvalue weighted by molar-refractivity contribution is -0.115. The van der Waals surface area contributed by atoms with Gasteiger partial charge >= 0.3 is 0 Å². The fraction of sp³-hybridized carbons (Fsp3) is 0.800. The van der Waals surface area contributed by atoms with Gasteiger partial charge in [0.2, 0.25) is 5.91 Å². The predicted octanol–water partition coefficient (Wildman–Crippen LogP) is 0.493. The van der Waals surface area contributed by atoms with Crippen LogP contribution in [-0.4, -0.2) is 29.6 Å². The Balaban J connectivity index is 0. The van der Waals surface area contributed by atoms with Gasteiger partial charge in [-0.1, -0.05) is 18.9 Å². The maximum atomic E-state index is 10.2. The lowest BCUT2D eigenvalue weighted by Gasteiger charge is -2.09. The normalized spacial score (nSPS) is 9.10. The molecule has 0 fully saturated rings. The molecule has 0 saturated carbocycles. The number of nitrogens with two attached hydrogens (primary N) is 1. The molecule has 1 amide bonds. The quantitative estimate of drug-likeness (QED) is 0.648. The molecule has 0 unspecified atom stereocenters. The molecule has 0 heterocycles. The third-order valence-electron chi connectivity index (χ3n) is 0.873. The second kappa shape index (κ2) is 7.18. The Labute approximate surface area is 71.9 Å². The van der Waals surface area contributed by atoms with Crippen molar-refractivity contribution in [2.75, 3.05) is 19.3 Å². The molecular formula is C5H13ClN2OS. The zero-order valence-electron chi connectivity index (χ0n) is 6.16. The van der Waals surface area contributed by atoms with Gasteiger partial charge in [-0.25, -0.2) is 0 Å². The van der Waals surface area contributed by atoms with Crippen LogP contribution in [0.5, 0.6) is 0 Å². The highest BCUT2D eigenvalue weighted by molar-refractivity contribution is 7.97. The summed E-state index contributed by atoms with van der Waals surface area (Å²) in [6.45, 7) is 2.95. The molecule has 0 aliphatic heterocycles. The summed E-state index contributed by atoms with van der Waals surface area (Å²) in [6, 6.07) is 0. The summed E-state index contributed by atoms with van der Waals surface area (Å²) in [5.41, 5.74) is 4.91. The van der Waals surface area contributed by atoms with Crippen molar-refractivity contribution in [1.29, 1.82) is 0 Å². The number of halogens is 1. The highest BCUT2D eigenvalue weighted by atomic mass is 35.5.